The van der Waals surface area contributed by atoms with E-state index in [0.29, 0.717) is 16.1 Å². The van der Waals surface area contributed by atoms with Crippen molar-refractivity contribution < 1.29 is 24.0 Å². The van der Waals surface area contributed by atoms with E-state index in [9.17, 15) is 19.7 Å². The number of non-ortho nitro benzene ring substituents is 1. The largest absolute Gasteiger partial charge is 0.452 e. The number of hydrogen-bond donors (Lipinski definition) is 0. The zero-order valence-electron chi connectivity index (χ0n) is 15.2. The fourth-order valence-corrected chi connectivity index (χ4v) is 3.08. The summed E-state index contributed by atoms with van der Waals surface area (Å²) >= 11 is 5.89. The molecule has 4 rings (SSSR count). The lowest BCUT2D eigenvalue weighted by Gasteiger charge is -2.06. The zero-order valence-corrected chi connectivity index (χ0v) is 16.0. The molecule has 0 bridgehead atoms. The highest BCUT2D eigenvalue weighted by molar-refractivity contribution is 6.30. The van der Waals surface area contributed by atoms with Gasteiger partial charge in [0, 0.05) is 23.2 Å². The molecule has 0 aliphatic carbocycles. The van der Waals surface area contributed by atoms with Crippen LogP contribution in [0.2, 0.25) is 5.02 Å². The van der Waals surface area contributed by atoms with Crippen LogP contribution < -0.4 is 9.47 Å². The number of benzene rings is 3. The van der Waals surface area contributed by atoms with E-state index in [1.54, 1.807) is 24.3 Å². The van der Waals surface area contributed by atoms with Gasteiger partial charge in [0.05, 0.1) is 16.1 Å². The number of esters is 1. The average molecular weight is 422 g/mol. The van der Waals surface area contributed by atoms with Crippen LogP contribution in [0.25, 0.3) is 6.08 Å². The Labute approximate surface area is 175 Å². The lowest BCUT2D eigenvalue weighted by Crippen LogP contribution is -2.08. The third-order valence-electron chi connectivity index (χ3n) is 4.29. The molecule has 1 aliphatic rings. The molecule has 1 heterocycles. The SMILES string of the molecule is O=C(Oc1ccc2c(c1)O/C(=C\c1cccc([N+](=O)[O-])c1)C2=O)c1cccc(Cl)c1. The number of hydrogen-bond acceptors (Lipinski definition) is 6. The number of ether oxygens (including phenoxy) is 2. The molecule has 3 aromatic carbocycles. The number of nitro groups is 1. The number of nitro benzene ring substituents is 1. The van der Waals surface area contributed by atoms with Gasteiger partial charge in [0.2, 0.25) is 5.78 Å². The van der Waals surface area contributed by atoms with Gasteiger partial charge in [0.1, 0.15) is 11.5 Å². The minimum Gasteiger partial charge on any atom is -0.452 e. The first kappa shape index (κ1) is 19.4. The van der Waals surface area contributed by atoms with Crippen molar-refractivity contribution in [1.82, 2.24) is 0 Å². The van der Waals surface area contributed by atoms with Crippen molar-refractivity contribution in [3.63, 3.8) is 0 Å². The van der Waals surface area contributed by atoms with Gasteiger partial charge < -0.3 is 9.47 Å². The van der Waals surface area contributed by atoms with E-state index in [0.717, 1.165) is 0 Å². The van der Waals surface area contributed by atoms with Crippen LogP contribution in [0.3, 0.4) is 0 Å². The van der Waals surface area contributed by atoms with Gasteiger partial charge in [-0.2, -0.15) is 0 Å². The summed E-state index contributed by atoms with van der Waals surface area (Å²) in [6.07, 6.45) is 1.42. The summed E-state index contributed by atoms with van der Waals surface area (Å²) in [5.74, 6) is -0.529. The smallest absolute Gasteiger partial charge is 0.343 e. The molecule has 0 radical (unpaired) electrons. The molecule has 0 saturated carbocycles. The third-order valence-corrected chi connectivity index (χ3v) is 4.53. The van der Waals surface area contributed by atoms with Gasteiger partial charge in [-0.15, -0.1) is 0 Å². The second kappa shape index (κ2) is 7.81. The highest BCUT2D eigenvalue weighted by Crippen LogP contribution is 2.35. The molecule has 0 atom stereocenters. The summed E-state index contributed by atoms with van der Waals surface area (Å²) < 4.78 is 10.9. The standard InChI is InChI=1S/C22H12ClNO6/c23-15-5-2-4-14(11-15)22(26)29-17-7-8-18-19(12-17)30-20(21(18)25)10-13-3-1-6-16(9-13)24(27)28/h1-12H/b20-10-. The first-order chi connectivity index (χ1) is 14.4. The first-order valence-corrected chi connectivity index (χ1v) is 9.09. The summed E-state index contributed by atoms with van der Waals surface area (Å²) in [5, 5.41) is 11.3. The van der Waals surface area contributed by atoms with Crippen molar-refractivity contribution in [2.75, 3.05) is 0 Å². The highest BCUT2D eigenvalue weighted by Gasteiger charge is 2.28. The van der Waals surface area contributed by atoms with Crippen molar-refractivity contribution >= 4 is 35.1 Å². The third kappa shape index (κ3) is 3.92. The summed E-state index contributed by atoms with van der Waals surface area (Å²) in [4.78, 5) is 35.2. The van der Waals surface area contributed by atoms with Crippen LogP contribution in [0.4, 0.5) is 5.69 Å². The van der Waals surface area contributed by atoms with Crippen molar-refractivity contribution in [2.45, 2.75) is 0 Å². The number of Topliss-reactive ketones (excluding diaryl/α,β-unsaturated/α-hetero) is 1. The lowest BCUT2D eigenvalue weighted by molar-refractivity contribution is -0.384. The minimum absolute atomic E-state index is 0.0174. The zero-order chi connectivity index (χ0) is 21.3. The molecule has 0 unspecified atom stereocenters. The van der Waals surface area contributed by atoms with Gasteiger partial charge in [-0.3, -0.25) is 14.9 Å². The van der Waals surface area contributed by atoms with Crippen LogP contribution >= 0.6 is 11.6 Å². The van der Waals surface area contributed by atoms with Gasteiger partial charge in [-0.25, -0.2) is 4.79 Å². The number of halogens is 1. The molecule has 0 saturated heterocycles. The normalized spacial score (nSPS) is 13.6. The number of carbonyl (C=O) groups excluding carboxylic acids is 2. The summed E-state index contributed by atoms with van der Waals surface area (Å²) in [7, 11) is 0. The number of allylic oxidation sites excluding steroid dienone is 1. The van der Waals surface area contributed by atoms with Crippen molar-refractivity contribution in [2.24, 2.45) is 0 Å². The Morgan fingerprint density at radius 3 is 2.63 bits per heavy atom. The first-order valence-electron chi connectivity index (χ1n) is 8.71. The maximum Gasteiger partial charge on any atom is 0.343 e. The van der Waals surface area contributed by atoms with Crippen LogP contribution in [0.15, 0.2) is 72.5 Å². The fourth-order valence-electron chi connectivity index (χ4n) is 2.89. The molecule has 7 nitrogen and oxygen atoms in total. The van der Waals surface area contributed by atoms with Gasteiger partial charge in [0.15, 0.2) is 5.76 Å². The molecule has 0 amide bonds. The molecule has 1 aliphatic heterocycles. The average Bonchev–Trinajstić information content (AvgIpc) is 3.03. The Kier molecular flexibility index (Phi) is 5.04. The van der Waals surface area contributed by atoms with E-state index in [-0.39, 0.29) is 34.3 Å². The van der Waals surface area contributed by atoms with Gasteiger partial charge >= 0.3 is 5.97 Å². The van der Waals surface area contributed by atoms with Crippen molar-refractivity contribution in [3.8, 4) is 11.5 Å². The predicted octanol–water partition coefficient (Wildman–Crippen LogP) is 5.08. The van der Waals surface area contributed by atoms with Gasteiger partial charge in [-0.05, 0) is 42.0 Å². The second-order valence-electron chi connectivity index (χ2n) is 6.35. The van der Waals surface area contributed by atoms with Crippen LogP contribution in [-0.2, 0) is 0 Å². The molecule has 148 valence electrons. The van der Waals surface area contributed by atoms with Crippen LogP contribution in [0.1, 0.15) is 26.3 Å². The fraction of sp³-hybridized carbons (Fsp3) is 0. The maximum atomic E-state index is 12.6. The molecule has 0 N–H and O–H groups in total. The second-order valence-corrected chi connectivity index (χ2v) is 6.79. The molecule has 3 aromatic rings. The Bertz CT molecular complexity index is 1230. The van der Waals surface area contributed by atoms with Crippen LogP contribution in [0.5, 0.6) is 11.5 Å². The Morgan fingerprint density at radius 2 is 1.87 bits per heavy atom. The predicted molar refractivity (Wildman–Crippen MR) is 109 cm³/mol. The number of fused-ring (bicyclic) bond motifs is 1. The van der Waals surface area contributed by atoms with Gasteiger partial charge in [-0.1, -0.05) is 29.8 Å². The van der Waals surface area contributed by atoms with Crippen molar-refractivity contribution in [1.29, 1.82) is 0 Å². The highest BCUT2D eigenvalue weighted by atomic mass is 35.5. The monoisotopic (exact) mass is 421 g/mol. The van der Waals surface area contributed by atoms with E-state index >= 15 is 0 Å². The topological polar surface area (TPSA) is 95.7 Å². The molecular formula is C22H12ClNO6. The lowest BCUT2D eigenvalue weighted by atomic mass is 10.1. The van der Waals surface area contributed by atoms with E-state index in [4.69, 9.17) is 21.1 Å². The Hall–Kier alpha value is -3.97. The van der Waals surface area contributed by atoms with Crippen molar-refractivity contribution in [3.05, 3.63) is 104 Å². The number of nitrogens with zero attached hydrogens (tertiary/aromatic N) is 1. The summed E-state index contributed by atoms with van der Waals surface area (Å²) in [6.45, 7) is 0. The van der Waals surface area contributed by atoms with Crippen LogP contribution in [0, 0.1) is 10.1 Å². The minimum atomic E-state index is -0.603. The summed E-state index contributed by atoms with van der Waals surface area (Å²) in [5.41, 5.74) is 0.941. The maximum absolute atomic E-state index is 12.6. The number of carbonyl (C=O) groups is 2. The summed E-state index contributed by atoms with van der Waals surface area (Å²) in [6, 6.07) is 16.6. The van der Waals surface area contributed by atoms with E-state index < -0.39 is 10.9 Å². The molecular weight excluding hydrogens is 410 g/mol. The number of ketones is 1. The van der Waals surface area contributed by atoms with Crippen LogP contribution in [-0.4, -0.2) is 16.7 Å². The number of rotatable bonds is 4. The Morgan fingerprint density at radius 1 is 1.07 bits per heavy atom. The molecule has 0 spiro atoms. The molecule has 8 heteroatoms. The molecule has 0 fully saturated rings. The molecule has 30 heavy (non-hydrogen) atoms. The van der Waals surface area contributed by atoms with E-state index in [1.165, 1.54) is 48.5 Å². The van der Waals surface area contributed by atoms with Gasteiger partial charge in [0.25, 0.3) is 5.69 Å². The quantitative estimate of drug-likeness (QED) is 0.191. The Balaban J connectivity index is 1.56. The van der Waals surface area contributed by atoms with E-state index in [1.807, 2.05) is 0 Å². The van der Waals surface area contributed by atoms with E-state index in [2.05, 4.69) is 0 Å². The molecule has 0 aromatic heterocycles.